The summed E-state index contributed by atoms with van der Waals surface area (Å²) < 4.78 is 28.0. The molecule has 7 heteroatoms. The van der Waals surface area contributed by atoms with Gasteiger partial charge in [-0.3, -0.25) is 4.79 Å². The van der Waals surface area contributed by atoms with Crippen molar-refractivity contribution in [1.29, 1.82) is 0 Å². The third-order valence-corrected chi connectivity index (χ3v) is 8.36. The van der Waals surface area contributed by atoms with Crippen molar-refractivity contribution in [3.63, 3.8) is 0 Å². The van der Waals surface area contributed by atoms with Crippen molar-refractivity contribution in [2.24, 2.45) is 0 Å². The van der Waals surface area contributed by atoms with Crippen LogP contribution in [0.4, 0.5) is 0 Å². The van der Waals surface area contributed by atoms with Crippen molar-refractivity contribution in [1.82, 2.24) is 9.62 Å². The van der Waals surface area contributed by atoms with E-state index in [1.807, 2.05) is 0 Å². The highest BCUT2D eigenvalue weighted by Crippen LogP contribution is 2.37. The van der Waals surface area contributed by atoms with Crippen molar-refractivity contribution in [2.75, 3.05) is 6.54 Å². The summed E-state index contributed by atoms with van der Waals surface area (Å²) in [5, 5.41) is 3.53. The third-order valence-electron chi connectivity index (χ3n) is 5.79. The lowest BCUT2D eigenvalue weighted by molar-refractivity contribution is -0.129. The van der Waals surface area contributed by atoms with Crippen LogP contribution in [0.1, 0.15) is 57.4 Å². The summed E-state index contributed by atoms with van der Waals surface area (Å²) in [6.45, 7) is 3.79. The van der Waals surface area contributed by atoms with Crippen LogP contribution in [0, 0.1) is 6.92 Å². The normalized spacial score (nSPS) is 25.3. The Balaban J connectivity index is 1.88. The molecule has 0 radical (unpaired) electrons. The first kappa shape index (κ1) is 19.6. The Labute approximate surface area is 161 Å². The molecule has 1 aromatic carbocycles. The second kappa shape index (κ2) is 7.49. The maximum atomic E-state index is 13.3. The number of hydrogen-bond acceptors (Lipinski definition) is 3. The van der Waals surface area contributed by atoms with Crippen molar-refractivity contribution in [2.45, 2.75) is 75.3 Å². The standard InChI is InChI=1S/C19H27ClN2O3S/c1-14-16(20)10-6-11-17(14)26(24,25)22-13-7-12-19(22,2)18(23)21-15-8-4-3-5-9-15/h6,10-11,15H,3-5,7-9,12-13H2,1-2H3,(H,21,23)/t19-/m0/s1. The fraction of sp³-hybridized carbons (Fsp3) is 0.632. The summed E-state index contributed by atoms with van der Waals surface area (Å²) >= 11 is 6.13. The average Bonchev–Trinajstić information content (AvgIpc) is 3.02. The molecule has 1 saturated heterocycles. The Morgan fingerprint density at radius 2 is 1.92 bits per heavy atom. The summed E-state index contributed by atoms with van der Waals surface area (Å²) in [5.41, 5.74) is -0.526. The number of benzene rings is 1. The Kier molecular flexibility index (Phi) is 5.66. The number of nitrogens with zero attached hydrogens (tertiary/aromatic N) is 1. The Hall–Kier alpha value is -1.11. The predicted molar refractivity (Wildman–Crippen MR) is 103 cm³/mol. The van der Waals surface area contributed by atoms with Crippen LogP contribution in [0.15, 0.2) is 23.1 Å². The molecule has 0 spiro atoms. The van der Waals surface area contributed by atoms with Gasteiger partial charge in [-0.25, -0.2) is 8.42 Å². The van der Waals surface area contributed by atoms with E-state index < -0.39 is 15.6 Å². The number of carbonyl (C=O) groups is 1. The van der Waals surface area contributed by atoms with Gasteiger partial charge in [0.25, 0.3) is 0 Å². The summed E-state index contributed by atoms with van der Waals surface area (Å²) in [7, 11) is -3.80. The Morgan fingerprint density at radius 1 is 1.23 bits per heavy atom. The smallest absolute Gasteiger partial charge is 0.244 e. The highest BCUT2D eigenvalue weighted by Gasteiger charge is 2.50. The van der Waals surface area contributed by atoms with Crippen LogP contribution >= 0.6 is 11.6 Å². The molecule has 0 aromatic heterocycles. The van der Waals surface area contributed by atoms with E-state index in [0.717, 1.165) is 25.7 Å². The van der Waals surface area contributed by atoms with Crippen molar-refractivity contribution in [3.05, 3.63) is 28.8 Å². The molecule has 1 N–H and O–H groups in total. The molecule has 2 fully saturated rings. The van der Waals surface area contributed by atoms with E-state index in [4.69, 9.17) is 11.6 Å². The minimum absolute atomic E-state index is 0.158. The zero-order valence-electron chi connectivity index (χ0n) is 15.4. The van der Waals surface area contributed by atoms with E-state index in [0.29, 0.717) is 30.0 Å². The lowest BCUT2D eigenvalue weighted by Gasteiger charge is -2.35. The topological polar surface area (TPSA) is 66.5 Å². The first-order valence-electron chi connectivity index (χ1n) is 9.36. The highest BCUT2D eigenvalue weighted by atomic mass is 35.5. The van der Waals surface area contributed by atoms with Crippen LogP contribution in [-0.2, 0) is 14.8 Å². The maximum Gasteiger partial charge on any atom is 0.244 e. The molecule has 3 rings (SSSR count). The van der Waals surface area contributed by atoms with Gasteiger partial charge < -0.3 is 5.32 Å². The first-order valence-corrected chi connectivity index (χ1v) is 11.2. The fourth-order valence-corrected chi connectivity index (χ4v) is 6.41. The molecule has 1 atom stereocenters. The van der Waals surface area contributed by atoms with Gasteiger partial charge in [0.1, 0.15) is 5.54 Å². The highest BCUT2D eigenvalue weighted by molar-refractivity contribution is 7.89. The van der Waals surface area contributed by atoms with Gasteiger partial charge in [0.15, 0.2) is 0 Å². The Bertz CT molecular complexity index is 790. The number of nitrogens with one attached hydrogen (secondary N) is 1. The molecule has 5 nitrogen and oxygen atoms in total. The second-order valence-corrected chi connectivity index (χ2v) is 9.86. The molecular formula is C19H27ClN2O3S. The third kappa shape index (κ3) is 3.51. The zero-order valence-corrected chi connectivity index (χ0v) is 17.0. The molecule has 0 bridgehead atoms. The molecule has 1 aliphatic carbocycles. The molecule has 1 heterocycles. The van der Waals surface area contributed by atoms with E-state index in [-0.39, 0.29) is 16.8 Å². The average molecular weight is 399 g/mol. The SMILES string of the molecule is Cc1c(Cl)cccc1S(=O)(=O)N1CCC[C@@]1(C)C(=O)NC1CCCCC1. The largest absolute Gasteiger partial charge is 0.352 e. The van der Waals surface area contributed by atoms with E-state index in [2.05, 4.69) is 5.32 Å². The van der Waals surface area contributed by atoms with Crippen LogP contribution in [0.3, 0.4) is 0 Å². The number of halogens is 1. The number of amides is 1. The number of carbonyl (C=O) groups excluding carboxylic acids is 1. The summed E-state index contributed by atoms with van der Waals surface area (Å²) in [6.07, 6.45) is 6.59. The van der Waals surface area contributed by atoms with Crippen LogP contribution in [0.5, 0.6) is 0 Å². The minimum atomic E-state index is -3.80. The van der Waals surface area contributed by atoms with Gasteiger partial charge in [0.05, 0.1) is 4.90 Å². The van der Waals surface area contributed by atoms with Gasteiger partial charge in [0, 0.05) is 17.6 Å². The van der Waals surface area contributed by atoms with Gasteiger partial charge in [-0.15, -0.1) is 0 Å². The zero-order chi connectivity index (χ0) is 18.9. The lowest BCUT2D eigenvalue weighted by Crippen LogP contribution is -2.57. The van der Waals surface area contributed by atoms with Gasteiger partial charge in [-0.2, -0.15) is 4.31 Å². The van der Waals surface area contributed by atoms with Gasteiger partial charge in [-0.05, 0) is 57.2 Å². The maximum absolute atomic E-state index is 13.3. The van der Waals surface area contributed by atoms with Crippen LogP contribution in [0.25, 0.3) is 0 Å². The lowest BCUT2D eigenvalue weighted by atomic mass is 9.93. The predicted octanol–water partition coefficient (Wildman–Crippen LogP) is 3.64. The van der Waals surface area contributed by atoms with Crippen LogP contribution in [-0.4, -0.2) is 36.8 Å². The van der Waals surface area contributed by atoms with E-state index in [9.17, 15) is 13.2 Å². The van der Waals surface area contributed by atoms with E-state index in [1.165, 1.54) is 10.7 Å². The molecule has 144 valence electrons. The number of sulfonamides is 1. The molecule has 1 saturated carbocycles. The van der Waals surface area contributed by atoms with Crippen molar-refractivity contribution < 1.29 is 13.2 Å². The van der Waals surface area contributed by atoms with Gasteiger partial charge >= 0.3 is 0 Å². The van der Waals surface area contributed by atoms with E-state index >= 15 is 0 Å². The van der Waals surface area contributed by atoms with Crippen molar-refractivity contribution >= 4 is 27.5 Å². The minimum Gasteiger partial charge on any atom is -0.352 e. The molecule has 0 unspecified atom stereocenters. The molecular weight excluding hydrogens is 372 g/mol. The first-order chi connectivity index (χ1) is 12.3. The number of hydrogen-bond donors (Lipinski definition) is 1. The fourth-order valence-electron chi connectivity index (χ4n) is 4.12. The van der Waals surface area contributed by atoms with Crippen LogP contribution < -0.4 is 5.32 Å². The van der Waals surface area contributed by atoms with Crippen LogP contribution in [0.2, 0.25) is 5.02 Å². The quantitative estimate of drug-likeness (QED) is 0.841. The molecule has 1 amide bonds. The molecule has 26 heavy (non-hydrogen) atoms. The second-order valence-electron chi connectivity index (χ2n) is 7.63. The van der Waals surface area contributed by atoms with Gasteiger partial charge in [-0.1, -0.05) is 36.9 Å². The summed E-state index contributed by atoms with van der Waals surface area (Å²) in [6, 6.07) is 5.03. The molecule has 2 aliphatic rings. The molecule has 1 aliphatic heterocycles. The number of rotatable bonds is 4. The molecule has 1 aromatic rings. The van der Waals surface area contributed by atoms with Gasteiger partial charge in [0.2, 0.25) is 15.9 Å². The summed E-state index contributed by atoms with van der Waals surface area (Å²) in [4.78, 5) is 13.2. The monoisotopic (exact) mass is 398 g/mol. The van der Waals surface area contributed by atoms with E-state index in [1.54, 1.807) is 32.0 Å². The summed E-state index contributed by atoms with van der Waals surface area (Å²) in [5.74, 6) is -0.176. The Morgan fingerprint density at radius 3 is 2.62 bits per heavy atom. The van der Waals surface area contributed by atoms with Crippen molar-refractivity contribution in [3.8, 4) is 0 Å².